The van der Waals surface area contributed by atoms with E-state index in [-0.39, 0.29) is 0 Å². The fourth-order valence-electron chi connectivity index (χ4n) is 1.02. The Balaban J connectivity index is 0.000000213. The summed E-state index contributed by atoms with van der Waals surface area (Å²) in [7, 11) is 0. The molecule has 0 unspecified atom stereocenters. The second-order valence-electron chi connectivity index (χ2n) is 2.89. The van der Waals surface area contributed by atoms with Crippen LogP contribution in [0, 0.1) is 0 Å². The topological polar surface area (TPSA) is 12.9 Å². The van der Waals surface area contributed by atoms with E-state index in [1.807, 2.05) is 30.5 Å². The van der Waals surface area contributed by atoms with Gasteiger partial charge in [0.25, 0.3) is 0 Å². The number of hydrogen-bond acceptors (Lipinski definition) is 1. The minimum Gasteiger partial charge on any atom is -0.256 e. The first-order chi connectivity index (χ1) is 6.88. The molecule has 1 aromatic carbocycles. The van der Waals surface area contributed by atoms with Crippen LogP contribution in [-0.4, -0.2) is 10.3 Å². The minimum absolute atomic E-state index is 1.06. The van der Waals surface area contributed by atoms with Gasteiger partial charge in [-0.05, 0) is 18.6 Å². The zero-order valence-electron chi connectivity index (χ0n) is 8.28. The summed E-state index contributed by atoms with van der Waals surface area (Å²) in [6.45, 7) is 2.13. The molecule has 74 valence electrons. The van der Waals surface area contributed by atoms with E-state index < -0.39 is 0 Å². The van der Waals surface area contributed by atoms with Gasteiger partial charge in [-0.25, -0.2) is 0 Å². The van der Waals surface area contributed by atoms with Crippen molar-refractivity contribution >= 4 is 26.8 Å². The van der Waals surface area contributed by atoms with E-state index in [1.165, 1.54) is 11.8 Å². The van der Waals surface area contributed by atoms with Crippen molar-refractivity contribution in [2.24, 2.45) is 0 Å². The molecule has 0 aliphatic heterocycles. The predicted molar refractivity (Wildman–Crippen MR) is 65.8 cm³/mol. The molecule has 0 aliphatic rings. The molecule has 1 heterocycles. The third kappa shape index (κ3) is 3.46. The Morgan fingerprint density at radius 1 is 1.14 bits per heavy atom. The van der Waals surface area contributed by atoms with Crippen LogP contribution >= 0.6 is 15.9 Å². The lowest BCUT2D eigenvalue weighted by atomic mass is 10.2. The van der Waals surface area contributed by atoms with Crippen LogP contribution in [0.25, 0.3) is 10.9 Å². The second kappa shape index (κ2) is 6.55. The summed E-state index contributed by atoms with van der Waals surface area (Å²) in [5.41, 5.74) is 1.06. The molecular weight excluding hydrogens is 238 g/mol. The van der Waals surface area contributed by atoms with Crippen LogP contribution in [-0.2, 0) is 0 Å². The Bertz CT molecular complexity index is 306. The Kier molecular flexibility index (Phi) is 5.23. The van der Waals surface area contributed by atoms with E-state index in [4.69, 9.17) is 0 Å². The van der Waals surface area contributed by atoms with E-state index in [1.54, 1.807) is 0 Å². The molecule has 0 saturated carbocycles. The average molecular weight is 252 g/mol. The smallest absolute Gasteiger partial charge is 0.0701 e. The summed E-state index contributed by atoms with van der Waals surface area (Å²) in [5, 5.41) is 2.33. The highest BCUT2D eigenvalue weighted by molar-refractivity contribution is 9.09. The minimum atomic E-state index is 1.06. The number of benzene rings is 1. The first-order valence-corrected chi connectivity index (χ1v) is 5.86. The monoisotopic (exact) mass is 251 g/mol. The summed E-state index contributed by atoms with van der Waals surface area (Å²) in [6.07, 6.45) is 3.04. The standard InChI is InChI=1S/C9H7N.C3H7Br/c1-2-6-9-8(4-1)5-3-7-10-9;1-2-3-4/h1-7H;2-3H2,1H3. The number of aromatic nitrogens is 1. The largest absolute Gasteiger partial charge is 0.256 e. The molecule has 0 fully saturated rings. The molecule has 14 heavy (non-hydrogen) atoms. The van der Waals surface area contributed by atoms with Gasteiger partial charge in [0, 0.05) is 16.9 Å². The van der Waals surface area contributed by atoms with Gasteiger partial charge in [-0.1, -0.05) is 47.1 Å². The van der Waals surface area contributed by atoms with Crippen molar-refractivity contribution in [2.75, 3.05) is 5.33 Å². The maximum absolute atomic E-state index is 4.18. The van der Waals surface area contributed by atoms with Crippen molar-refractivity contribution in [2.45, 2.75) is 13.3 Å². The van der Waals surface area contributed by atoms with E-state index >= 15 is 0 Å². The highest BCUT2D eigenvalue weighted by Gasteiger charge is 1.86. The zero-order chi connectivity index (χ0) is 10.2. The molecule has 0 amide bonds. The van der Waals surface area contributed by atoms with Crippen molar-refractivity contribution in [1.29, 1.82) is 0 Å². The van der Waals surface area contributed by atoms with Gasteiger partial charge in [0.15, 0.2) is 0 Å². The summed E-state index contributed by atoms with van der Waals surface area (Å²) in [5.74, 6) is 0. The highest BCUT2D eigenvalue weighted by Crippen LogP contribution is 2.07. The van der Waals surface area contributed by atoms with Gasteiger partial charge in [0.05, 0.1) is 5.52 Å². The zero-order valence-corrected chi connectivity index (χ0v) is 9.87. The first kappa shape index (κ1) is 11.2. The molecule has 2 aromatic rings. The average Bonchev–Trinajstić information content (AvgIpc) is 2.30. The van der Waals surface area contributed by atoms with Gasteiger partial charge in [-0.3, -0.25) is 4.98 Å². The molecule has 0 atom stereocenters. The Hall–Kier alpha value is -0.890. The lowest BCUT2D eigenvalue weighted by Gasteiger charge is -1.91. The highest BCUT2D eigenvalue weighted by atomic mass is 79.9. The molecule has 2 heteroatoms. The lowest BCUT2D eigenvalue weighted by Crippen LogP contribution is -1.73. The van der Waals surface area contributed by atoms with Crippen LogP contribution in [0.4, 0.5) is 0 Å². The van der Waals surface area contributed by atoms with E-state index in [0.717, 1.165) is 10.8 Å². The third-order valence-corrected chi connectivity index (χ3v) is 2.49. The molecular formula is C12H14BrN. The fourth-order valence-corrected chi connectivity index (χ4v) is 1.02. The van der Waals surface area contributed by atoms with Crippen LogP contribution in [0.3, 0.4) is 0 Å². The molecule has 0 spiro atoms. The number of pyridine rings is 1. The molecule has 0 saturated heterocycles. The number of rotatable bonds is 1. The molecule has 1 nitrogen and oxygen atoms in total. The third-order valence-electron chi connectivity index (χ3n) is 1.70. The van der Waals surface area contributed by atoms with E-state index in [2.05, 4.69) is 40.0 Å². The van der Waals surface area contributed by atoms with Crippen molar-refractivity contribution in [3.05, 3.63) is 42.6 Å². The first-order valence-electron chi connectivity index (χ1n) is 4.74. The van der Waals surface area contributed by atoms with E-state index in [0.29, 0.717) is 0 Å². The van der Waals surface area contributed by atoms with Gasteiger partial charge in [-0.15, -0.1) is 0 Å². The Morgan fingerprint density at radius 3 is 2.43 bits per heavy atom. The van der Waals surface area contributed by atoms with Gasteiger partial charge in [0.2, 0.25) is 0 Å². The second-order valence-corrected chi connectivity index (χ2v) is 3.68. The SMILES string of the molecule is CCCBr.c1ccc2ncccc2c1. The van der Waals surface area contributed by atoms with Crippen LogP contribution < -0.4 is 0 Å². The lowest BCUT2D eigenvalue weighted by molar-refractivity contribution is 1.12. The fraction of sp³-hybridized carbons (Fsp3) is 0.250. The van der Waals surface area contributed by atoms with Crippen LogP contribution in [0.2, 0.25) is 0 Å². The molecule has 2 rings (SSSR count). The number of hydrogen-bond donors (Lipinski definition) is 0. The van der Waals surface area contributed by atoms with Crippen LogP contribution in [0.1, 0.15) is 13.3 Å². The van der Waals surface area contributed by atoms with Crippen molar-refractivity contribution in [3.8, 4) is 0 Å². The van der Waals surface area contributed by atoms with E-state index in [9.17, 15) is 0 Å². The van der Waals surface area contributed by atoms with Gasteiger partial charge in [-0.2, -0.15) is 0 Å². The molecule has 1 aromatic heterocycles. The normalized spacial score (nSPS) is 9.29. The maximum Gasteiger partial charge on any atom is 0.0701 e. The number of fused-ring (bicyclic) bond motifs is 1. The molecule has 0 radical (unpaired) electrons. The quantitative estimate of drug-likeness (QED) is 0.698. The van der Waals surface area contributed by atoms with Crippen LogP contribution in [0.5, 0.6) is 0 Å². The van der Waals surface area contributed by atoms with Gasteiger partial charge < -0.3 is 0 Å². The van der Waals surface area contributed by atoms with Crippen molar-refractivity contribution < 1.29 is 0 Å². The molecule has 0 aliphatic carbocycles. The van der Waals surface area contributed by atoms with Crippen molar-refractivity contribution in [3.63, 3.8) is 0 Å². The summed E-state index contributed by atoms with van der Waals surface area (Å²) in [6, 6.07) is 12.1. The Morgan fingerprint density at radius 2 is 1.79 bits per heavy atom. The maximum atomic E-state index is 4.18. The summed E-state index contributed by atoms with van der Waals surface area (Å²) >= 11 is 3.25. The number of para-hydroxylation sites is 1. The molecule has 0 bridgehead atoms. The molecule has 0 N–H and O–H groups in total. The Labute approximate surface area is 93.3 Å². The summed E-state index contributed by atoms with van der Waals surface area (Å²) in [4.78, 5) is 4.18. The van der Waals surface area contributed by atoms with Gasteiger partial charge >= 0.3 is 0 Å². The van der Waals surface area contributed by atoms with Gasteiger partial charge in [0.1, 0.15) is 0 Å². The van der Waals surface area contributed by atoms with Crippen molar-refractivity contribution in [1.82, 2.24) is 4.98 Å². The van der Waals surface area contributed by atoms with Crippen LogP contribution in [0.15, 0.2) is 42.6 Å². The number of halogens is 1. The predicted octanol–water partition coefficient (Wildman–Crippen LogP) is 4.03. The number of alkyl halides is 1. The summed E-state index contributed by atoms with van der Waals surface area (Å²) < 4.78 is 0. The number of nitrogens with zero attached hydrogens (tertiary/aromatic N) is 1.